The average Bonchev–Trinajstić information content (AvgIpc) is 2.61. The molecule has 0 aliphatic carbocycles. The van der Waals surface area contributed by atoms with E-state index in [1.165, 1.54) is 10.5 Å². The fourth-order valence-electron chi connectivity index (χ4n) is 2.67. The average molecular weight is 336 g/mol. The molecule has 0 saturated carbocycles. The monoisotopic (exact) mass is 336 g/mol. The van der Waals surface area contributed by atoms with Gasteiger partial charge in [0.05, 0.1) is 11.6 Å². The summed E-state index contributed by atoms with van der Waals surface area (Å²) in [5, 5.41) is 0. The van der Waals surface area contributed by atoms with Gasteiger partial charge in [0.15, 0.2) is 0 Å². The van der Waals surface area contributed by atoms with Gasteiger partial charge >= 0.3 is 5.97 Å². The summed E-state index contributed by atoms with van der Waals surface area (Å²) in [5.74, 6) is -0.554. The van der Waals surface area contributed by atoms with Crippen molar-refractivity contribution in [2.75, 3.05) is 0 Å². The van der Waals surface area contributed by atoms with Crippen molar-refractivity contribution >= 4 is 11.6 Å². The van der Waals surface area contributed by atoms with Crippen molar-refractivity contribution in [3.8, 4) is 0 Å². The van der Waals surface area contributed by atoms with Gasteiger partial charge in [0.1, 0.15) is 12.3 Å². The van der Waals surface area contributed by atoms with E-state index in [0.717, 1.165) is 11.1 Å². The molecular weight excluding hydrogens is 316 g/mol. The summed E-state index contributed by atoms with van der Waals surface area (Å²) in [6.07, 6.45) is 2.36. The molecule has 3 aromatic rings. The van der Waals surface area contributed by atoms with E-state index in [1.54, 1.807) is 12.3 Å². The van der Waals surface area contributed by atoms with Crippen LogP contribution in [-0.4, -0.2) is 15.4 Å². The highest BCUT2D eigenvalue weighted by Gasteiger charge is 2.15. The Bertz CT molecular complexity index is 948. The van der Waals surface area contributed by atoms with Crippen LogP contribution in [0.3, 0.4) is 0 Å². The predicted octanol–water partition coefficient (Wildman–Crippen LogP) is 2.92. The highest BCUT2D eigenvalue weighted by molar-refractivity contribution is 5.72. The van der Waals surface area contributed by atoms with E-state index in [2.05, 4.69) is 4.98 Å². The van der Waals surface area contributed by atoms with Gasteiger partial charge in [-0.1, -0.05) is 43.3 Å². The number of aryl methyl sites for hydroxylation is 1. The molecule has 0 spiro atoms. The van der Waals surface area contributed by atoms with Crippen molar-refractivity contribution in [3.05, 3.63) is 81.9 Å². The minimum absolute atomic E-state index is 0.00240. The van der Waals surface area contributed by atoms with Crippen LogP contribution in [0.15, 0.2) is 59.5 Å². The SMILES string of the molecule is Cc1ccc2nc(COC(=O)[C@@H](C)Cc3ccccc3)cc(=O)n2c1. The molecule has 0 fully saturated rings. The molecule has 3 rings (SSSR count). The summed E-state index contributed by atoms with van der Waals surface area (Å²) in [7, 11) is 0. The standard InChI is InChI=1S/C20H20N2O3/c1-14-8-9-18-21-17(11-19(23)22(18)12-14)13-25-20(24)15(2)10-16-6-4-3-5-7-16/h3-9,11-12,15H,10,13H2,1-2H3/t15-/m0/s1. The Morgan fingerprint density at radius 2 is 1.96 bits per heavy atom. The van der Waals surface area contributed by atoms with Crippen LogP contribution in [0.2, 0.25) is 0 Å². The maximum absolute atomic E-state index is 12.2. The van der Waals surface area contributed by atoms with Crippen LogP contribution in [-0.2, 0) is 22.6 Å². The zero-order chi connectivity index (χ0) is 17.8. The van der Waals surface area contributed by atoms with E-state index in [0.29, 0.717) is 17.8 Å². The Labute approximate surface area is 145 Å². The molecule has 0 aliphatic heterocycles. The Hall–Kier alpha value is -2.95. The number of pyridine rings is 1. The van der Waals surface area contributed by atoms with Crippen molar-refractivity contribution in [2.45, 2.75) is 26.9 Å². The minimum atomic E-state index is -0.297. The molecular formula is C20H20N2O3. The Morgan fingerprint density at radius 1 is 1.20 bits per heavy atom. The van der Waals surface area contributed by atoms with Gasteiger partial charge in [-0.15, -0.1) is 0 Å². The molecule has 0 amide bonds. The number of esters is 1. The maximum atomic E-state index is 12.2. The molecule has 0 unspecified atom stereocenters. The zero-order valence-electron chi connectivity index (χ0n) is 14.3. The number of hydrogen-bond acceptors (Lipinski definition) is 4. The van der Waals surface area contributed by atoms with Crippen LogP contribution < -0.4 is 5.56 Å². The van der Waals surface area contributed by atoms with Gasteiger partial charge in [0.2, 0.25) is 0 Å². The van der Waals surface area contributed by atoms with Gasteiger partial charge < -0.3 is 4.74 Å². The Balaban J connectivity index is 1.66. The first-order valence-electron chi connectivity index (χ1n) is 8.22. The van der Waals surface area contributed by atoms with Gasteiger partial charge in [0.25, 0.3) is 5.56 Å². The number of nitrogens with zero attached hydrogens (tertiary/aromatic N) is 2. The van der Waals surface area contributed by atoms with E-state index in [-0.39, 0.29) is 24.1 Å². The first-order valence-corrected chi connectivity index (χ1v) is 8.22. The number of aromatic nitrogens is 2. The molecule has 5 nitrogen and oxygen atoms in total. The summed E-state index contributed by atoms with van der Waals surface area (Å²) >= 11 is 0. The first kappa shape index (κ1) is 16.9. The Morgan fingerprint density at radius 3 is 2.72 bits per heavy atom. The molecule has 0 radical (unpaired) electrons. The first-order chi connectivity index (χ1) is 12.0. The third-order valence-electron chi connectivity index (χ3n) is 4.01. The summed E-state index contributed by atoms with van der Waals surface area (Å²) in [6.45, 7) is 3.74. The van der Waals surface area contributed by atoms with Crippen molar-refractivity contribution in [1.29, 1.82) is 0 Å². The third kappa shape index (κ3) is 4.12. The quantitative estimate of drug-likeness (QED) is 0.672. The van der Waals surface area contributed by atoms with Crippen LogP contribution in [0.5, 0.6) is 0 Å². The van der Waals surface area contributed by atoms with E-state index in [9.17, 15) is 9.59 Å². The number of carbonyl (C=O) groups excluding carboxylic acids is 1. The smallest absolute Gasteiger partial charge is 0.309 e. The lowest BCUT2D eigenvalue weighted by molar-refractivity contribution is -0.149. The molecule has 0 bridgehead atoms. The minimum Gasteiger partial charge on any atom is -0.459 e. The number of fused-ring (bicyclic) bond motifs is 1. The lowest BCUT2D eigenvalue weighted by atomic mass is 10.0. The summed E-state index contributed by atoms with van der Waals surface area (Å²) < 4.78 is 6.82. The molecule has 1 atom stereocenters. The van der Waals surface area contributed by atoms with Gasteiger partial charge in [-0.2, -0.15) is 0 Å². The molecule has 25 heavy (non-hydrogen) atoms. The third-order valence-corrected chi connectivity index (χ3v) is 4.01. The zero-order valence-corrected chi connectivity index (χ0v) is 14.3. The van der Waals surface area contributed by atoms with Crippen LogP contribution >= 0.6 is 0 Å². The second-order valence-corrected chi connectivity index (χ2v) is 6.22. The van der Waals surface area contributed by atoms with Crippen LogP contribution in [0.25, 0.3) is 5.65 Å². The molecule has 5 heteroatoms. The van der Waals surface area contributed by atoms with Crippen molar-refractivity contribution < 1.29 is 9.53 Å². The number of ether oxygens (including phenoxy) is 1. The van der Waals surface area contributed by atoms with E-state index in [4.69, 9.17) is 4.74 Å². The van der Waals surface area contributed by atoms with Gasteiger partial charge in [-0.05, 0) is 30.5 Å². The number of hydrogen-bond donors (Lipinski definition) is 0. The maximum Gasteiger partial charge on any atom is 0.309 e. The van der Waals surface area contributed by atoms with Crippen LogP contribution in [0.1, 0.15) is 23.7 Å². The van der Waals surface area contributed by atoms with E-state index >= 15 is 0 Å². The molecule has 0 N–H and O–H groups in total. The van der Waals surface area contributed by atoms with E-state index < -0.39 is 0 Å². The highest BCUT2D eigenvalue weighted by atomic mass is 16.5. The Kier molecular flexibility index (Phi) is 4.93. The summed E-state index contributed by atoms with van der Waals surface area (Å²) in [5.41, 5.74) is 2.88. The van der Waals surface area contributed by atoms with Gasteiger partial charge in [0, 0.05) is 12.3 Å². The number of rotatable bonds is 5. The van der Waals surface area contributed by atoms with Crippen LogP contribution in [0, 0.1) is 12.8 Å². The fourth-order valence-corrected chi connectivity index (χ4v) is 2.67. The van der Waals surface area contributed by atoms with Gasteiger partial charge in [-0.25, -0.2) is 4.98 Å². The largest absolute Gasteiger partial charge is 0.459 e. The van der Waals surface area contributed by atoms with Crippen molar-refractivity contribution in [3.63, 3.8) is 0 Å². The molecule has 0 saturated heterocycles. The molecule has 2 heterocycles. The lowest BCUT2D eigenvalue weighted by Gasteiger charge is -2.11. The fraction of sp³-hybridized carbons (Fsp3) is 0.250. The highest BCUT2D eigenvalue weighted by Crippen LogP contribution is 2.11. The van der Waals surface area contributed by atoms with Crippen molar-refractivity contribution in [1.82, 2.24) is 9.38 Å². The normalized spacial score (nSPS) is 12.1. The number of benzene rings is 1. The second-order valence-electron chi connectivity index (χ2n) is 6.22. The number of carbonyl (C=O) groups is 1. The van der Waals surface area contributed by atoms with Crippen molar-refractivity contribution in [2.24, 2.45) is 5.92 Å². The molecule has 128 valence electrons. The predicted molar refractivity (Wildman–Crippen MR) is 95.3 cm³/mol. The lowest BCUT2D eigenvalue weighted by Crippen LogP contribution is -2.19. The van der Waals surface area contributed by atoms with E-state index in [1.807, 2.05) is 50.2 Å². The molecule has 1 aromatic carbocycles. The topological polar surface area (TPSA) is 60.7 Å². The van der Waals surface area contributed by atoms with Crippen LogP contribution in [0.4, 0.5) is 0 Å². The molecule has 0 aliphatic rings. The second kappa shape index (κ2) is 7.30. The molecule has 2 aromatic heterocycles. The van der Waals surface area contributed by atoms with Gasteiger partial charge in [-0.3, -0.25) is 14.0 Å². The summed E-state index contributed by atoms with van der Waals surface area (Å²) in [4.78, 5) is 28.7. The summed E-state index contributed by atoms with van der Waals surface area (Å²) in [6, 6.07) is 14.9.